The predicted molar refractivity (Wildman–Crippen MR) is 94.1 cm³/mol. The van der Waals surface area contributed by atoms with Crippen molar-refractivity contribution >= 4 is 29.1 Å². The van der Waals surface area contributed by atoms with E-state index in [-0.39, 0.29) is 26.3 Å². The van der Waals surface area contributed by atoms with Gasteiger partial charge in [0.25, 0.3) is 0 Å². The topological polar surface area (TPSA) is 113 Å². The average Bonchev–Trinajstić information content (AvgIpc) is 3.17. The number of hydrogen-bond acceptors (Lipinski definition) is 9. The van der Waals surface area contributed by atoms with E-state index >= 15 is 0 Å². The molecule has 1 aromatic heterocycles. The van der Waals surface area contributed by atoms with E-state index in [4.69, 9.17) is 9.47 Å². The summed E-state index contributed by atoms with van der Waals surface area (Å²) in [5, 5.41) is 15.1. The third-order valence-corrected chi connectivity index (χ3v) is 4.85. The first-order valence-corrected chi connectivity index (χ1v) is 9.13. The number of morpholine rings is 1. The van der Waals surface area contributed by atoms with Crippen LogP contribution in [0.25, 0.3) is 0 Å². The fourth-order valence-electron chi connectivity index (χ4n) is 2.77. The van der Waals surface area contributed by atoms with E-state index in [0.717, 1.165) is 0 Å². The van der Waals surface area contributed by atoms with Gasteiger partial charge in [0.05, 0.1) is 31.9 Å². The van der Waals surface area contributed by atoms with E-state index in [1.807, 2.05) is 5.38 Å². The largest absolute Gasteiger partial charge is 0.480 e. The van der Waals surface area contributed by atoms with Gasteiger partial charge in [0.2, 0.25) is 0 Å². The molecule has 0 saturated carbocycles. The number of nitrogens with one attached hydrogen (secondary N) is 1. The van der Waals surface area contributed by atoms with Gasteiger partial charge < -0.3 is 19.9 Å². The Morgan fingerprint density at radius 3 is 3.08 bits per heavy atom. The summed E-state index contributed by atoms with van der Waals surface area (Å²) in [6.07, 6.45) is 1.68. The molecule has 0 radical (unpaired) electrons. The molecule has 0 unspecified atom stereocenters. The van der Waals surface area contributed by atoms with Gasteiger partial charge in [0, 0.05) is 30.4 Å². The summed E-state index contributed by atoms with van der Waals surface area (Å²) in [6, 6.07) is -0.760. The second kappa shape index (κ2) is 8.39. The lowest BCUT2D eigenvalue weighted by Crippen LogP contribution is -2.52. The first-order chi connectivity index (χ1) is 12.6. The molecular weight excluding hydrogens is 360 g/mol. The minimum absolute atomic E-state index is 0.116. The molecule has 2 N–H and O–H groups in total. The molecular formula is C16H20N4O5S. The summed E-state index contributed by atoms with van der Waals surface area (Å²) < 4.78 is 10.4. The average molecular weight is 380 g/mol. The highest BCUT2D eigenvalue weighted by molar-refractivity contribution is 7.11. The Bertz CT molecular complexity index is 731. The number of rotatable bonds is 6. The molecule has 2 aliphatic heterocycles. The third kappa shape index (κ3) is 4.09. The van der Waals surface area contributed by atoms with Crippen LogP contribution in [0.3, 0.4) is 0 Å². The highest BCUT2D eigenvalue weighted by Gasteiger charge is 2.32. The van der Waals surface area contributed by atoms with Gasteiger partial charge in [0.15, 0.2) is 10.8 Å². The van der Waals surface area contributed by atoms with Crippen molar-refractivity contribution in [2.45, 2.75) is 13.0 Å². The maximum atomic E-state index is 12.3. The molecule has 0 spiro atoms. The Labute approximate surface area is 154 Å². The lowest BCUT2D eigenvalue weighted by atomic mass is 10.1. The fourth-order valence-corrected chi connectivity index (χ4v) is 3.37. The van der Waals surface area contributed by atoms with Gasteiger partial charge in [0.1, 0.15) is 6.04 Å². The Morgan fingerprint density at radius 2 is 2.38 bits per heavy atom. The number of thiazole rings is 1. The molecule has 1 saturated heterocycles. The van der Waals surface area contributed by atoms with Gasteiger partial charge >= 0.3 is 11.9 Å². The third-order valence-electron chi connectivity index (χ3n) is 4.07. The number of nitrogens with zero attached hydrogens (tertiary/aromatic N) is 3. The van der Waals surface area contributed by atoms with E-state index in [2.05, 4.69) is 15.3 Å². The number of esters is 1. The van der Waals surface area contributed by atoms with Gasteiger partial charge in [-0.25, -0.2) is 9.78 Å². The Hall–Kier alpha value is -2.30. The number of carboxylic acid groups (broad SMARTS) is 1. The van der Waals surface area contributed by atoms with Crippen LogP contribution < -0.4 is 5.32 Å². The predicted octanol–water partition coefficient (Wildman–Crippen LogP) is 0.0955. The quantitative estimate of drug-likeness (QED) is 0.668. The first kappa shape index (κ1) is 18.5. The van der Waals surface area contributed by atoms with Gasteiger partial charge in [-0.15, -0.1) is 11.3 Å². The summed E-state index contributed by atoms with van der Waals surface area (Å²) in [5.74, 6) is -0.826. The maximum absolute atomic E-state index is 12.3. The number of aliphatic carboxylic acids is 1. The van der Waals surface area contributed by atoms with Crippen LogP contribution in [0.5, 0.6) is 0 Å². The van der Waals surface area contributed by atoms with Gasteiger partial charge in [-0.3, -0.25) is 14.7 Å². The van der Waals surface area contributed by atoms with Gasteiger partial charge in [-0.1, -0.05) is 0 Å². The van der Waals surface area contributed by atoms with Crippen molar-refractivity contribution in [2.24, 2.45) is 4.99 Å². The Morgan fingerprint density at radius 1 is 1.54 bits per heavy atom. The molecule has 1 atom stereocenters. The van der Waals surface area contributed by atoms with Gasteiger partial charge in [-0.2, -0.15) is 0 Å². The van der Waals surface area contributed by atoms with Gasteiger partial charge in [-0.05, 0) is 6.92 Å². The second-order valence-corrected chi connectivity index (χ2v) is 6.60. The van der Waals surface area contributed by atoms with Crippen LogP contribution in [0, 0.1) is 0 Å². The SMILES string of the molecule is CCOC(=O)C1=C(CN2CCOC[C@H]2C(=O)O)NC(c2nccs2)=NC1. The van der Waals surface area contributed by atoms with Crippen molar-refractivity contribution in [3.63, 3.8) is 0 Å². The van der Waals surface area contributed by atoms with Crippen LogP contribution in [0.1, 0.15) is 11.9 Å². The summed E-state index contributed by atoms with van der Waals surface area (Å²) in [6.45, 7) is 3.44. The molecule has 1 fully saturated rings. The number of carbonyl (C=O) groups is 2. The monoisotopic (exact) mass is 380 g/mol. The number of aromatic nitrogens is 1. The summed E-state index contributed by atoms with van der Waals surface area (Å²) in [7, 11) is 0. The van der Waals surface area contributed by atoms with Crippen LogP contribution in [-0.4, -0.2) is 78.3 Å². The zero-order chi connectivity index (χ0) is 18.5. The Kier molecular flexibility index (Phi) is 5.96. The fraction of sp³-hybridized carbons (Fsp3) is 0.500. The summed E-state index contributed by atoms with van der Waals surface area (Å²) >= 11 is 1.43. The van der Waals surface area contributed by atoms with E-state index in [1.54, 1.807) is 18.0 Å². The van der Waals surface area contributed by atoms with E-state index in [1.165, 1.54) is 11.3 Å². The first-order valence-electron chi connectivity index (χ1n) is 8.25. The molecule has 3 heterocycles. The van der Waals surface area contributed by atoms with Crippen LogP contribution in [0.4, 0.5) is 0 Å². The Balaban J connectivity index is 1.84. The molecule has 26 heavy (non-hydrogen) atoms. The van der Waals surface area contributed by atoms with Crippen LogP contribution >= 0.6 is 11.3 Å². The smallest absolute Gasteiger partial charge is 0.337 e. The van der Waals surface area contributed by atoms with Crippen LogP contribution in [0.2, 0.25) is 0 Å². The van der Waals surface area contributed by atoms with E-state index in [9.17, 15) is 14.7 Å². The number of ether oxygens (including phenoxy) is 2. The standard InChI is InChI=1S/C16H20N4O5S/c1-2-25-16(23)10-7-18-13(14-17-3-6-26-14)19-11(10)8-20-4-5-24-9-12(20)15(21)22/h3,6,12H,2,4-5,7-9H2,1H3,(H,18,19)(H,21,22)/t12-/m0/s1. The maximum Gasteiger partial charge on any atom is 0.337 e. The van der Waals surface area contributed by atoms with E-state index in [0.29, 0.717) is 35.3 Å². The molecule has 10 heteroatoms. The highest BCUT2D eigenvalue weighted by atomic mass is 32.1. The highest BCUT2D eigenvalue weighted by Crippen LogP contribution is 2.18. The number of carboxylic acids is 1. The molecule has 0 aliphatic carbocycles. The lowest BCUT2D eigenvalue weighted by Gasteiger charge is -2.34. The minimum Gasteiger partial charge on any atom is -0.480 e. The summed E-state index contributed by atoms with van der Waals surface area (Å²) in [5.41, 5.74) is 1.000. The molecule has 3 rings (SSSR count). The molecule has 0 bridgehead atoms. The molecule has 0 aromatic carbocycles. The van der Waals surface area contributed by atoms with Crippen molar-refractivity contribution in [1.29, 1.82) is 0 Å². The molecule has 2 aliphatic rings. The molecule has 0 amide bonds. The molecule has 1 aromatic rings. The number of amidine groups is 1. The number of aliphatic imine (C=N–C) groups is 1. The minimum atomic E-state index is -0.951. The molecule has 140 valence electrons. The zero-order valence-corrected chi connectivity index (χ0v) is 15.1. The molecule has 9 nitrogen and oxygen atoms in total. The van der Waals surface area contributed by atoms with Crippen LogP contribution in [-0.2, 0) is 19.1 Å². The van der Waals surface area contributed by atoms with Crippen molar-refractivity contribution in [3.05, 3.63) is 27.9 Å². The zero-order valence-electron chi connectivity index (χ0n) is 14.3. The normalized spacial score (nSPS) is 21.1. The second-order valence-electron chi connectivity index (χ2n) is 5.70. The lowest BCUT2D eigenvalue weighted by molar-refractivity contribution is -0.149. The van der Waals surface area contributed by atoms with Crippen molar-refractivity contribution in [2.75, 3.05) is 39.5 Å². The van der Waals surface area contributed by atoms with Crippen molar-refractivity contribution < 1.29 is 24.2 Å². The number of carbonyl (C=O) groups excluding carboxylic acids is 1. The number of hydrogen-bond donors (Lipinski definition) is 2. The summed E-state index contributed by atoms with van der Waals surface area (Å²) in [4.78, 5) is 34.2. The van der Waals surface area contributed by atoms with E-state index < -0.39 is 18.0 Å². The van der Waals surface area contributed by atoms with Crippen molar-refractivity contribution in [3.8, 4) is 0 Å². The van der Waals surface area contributed by atoms with Crippen molar-refractivity contribution in [1.82, 2.24) is 15.2 Å². The van der Waals surface area contributed by atoms with Crippen LogP contribution in [0.15, 0.2) is 27.8 Å².